The molecule has 2 heterocycles. The molecular weight excluding hydrogens is 381 g/mol. The summed E-state index contributed by atoms with van der Waals surface area (Å²) in [7, 11) is 0. The van der Waals surface area contributed by atoms with Crippen LogP contribution in [0.25, 0.3) is 0 Å². The largest absolute Gasteiger partial charge is 0.348 e. The molecule has 0 saturated carbocycles. The first-order chi connectivity index (χ1) is 14.4. The summed E-state index contributed by atoms with van der Waals surface area (Å²) in [5.74, 6) is -0.921. The van der Waals surface area contributed by atoms with Crippen LogP contribution < -0.4 is 5.32 Å². The smallest absolute Gasteiger partial charge is 0.233 e. The van der Waals surface area contributed by atoms with E-state index in [1.165, 1.54) is 12.1 Å². The topological polar surface area (TPSA) is 54.3 Å². The van der Waals surface area contributed by atoms with Crippen molar-refractivity contribution in [2.24, 2.45) is 0 Å². The summed E-state index contributed by atoms with van der Waals surface area (Å²) in [4.78, 5) is 27.3. The second kappa shape index (κ2) is 8.14. The second-order valence-electron chi connectivity index (χ2n) is 7.69. The van der Waals surface area contributed by atoms with Gasteiger partial charge in [0.15, 0.2) is 0 Å². The molecule has 0 fully saturated rings. The Balaban J connectivity index is 1.53. The highest BCUT2D eigenvalue weighted by Gasteiger charge is 2.32. The van der Waals surface area contributed by atoms with Crippen molar-refractivity contribution in [3.8, 4) is 0 Å². The zero-order valence-corrected chi connectivity index (χ0v) is 17.1. The van der Waals surface area contributed by atoms with Gasteiger partial charge in [-0.25, -0.2) is 4.39 Å². The molecule has 2 amide bonds. The van der Waals surface area contributed by atoms with Crippen molar-refractivity contribution in [2.75, 3.05) is 11.9 Å². The van der Waals surface area contributed by atoms with Gasteiger partial charge in [-0.1, -0.05) is 18.2 Å². The van der Waals surface area contributed by atoms with Crippen LogP contribution in [0.4, 0.5) is 10.1 Å². The fourth-order valence-electron chi connectivity index (χ4n) is 3.91. The summed E-state index contributed by atoms with van der Waals surface area (Å²) in [6, 6.07) is 15.4. The maximum atomic E-state index is 13.4. The molecule has 2 aromatic carbocycles. The average molecular weight is 405 g/mol. The lowest BCUT2D eigenvalue weighted by molar-refractivity contribution is -0.136. The van der Waals surface area contributed by atoms with Crippen molar-refractivity contribution < 1.29 is 14.0 Å². The van der Waals surface area contributed by atoms with Crippen LogP contribution in [0.15, 0.2) is 60.8 Å². The molecule has 1 atom stereocenters. The molecule has 5 nitrogen and oxygen atoms in total. The zero-order chi connectivity index (χ0) is 21.3. The molecule has 0 radical (unpaired) electrons. The van der Waals surface area contributed by atoms with E-state index in [1.807, 2.05) is 50.4 Å². The van der Waals surface area contributed by atoms with Crippen LogP contribution in [0.5, 0.6) is 0 Å². The molecule has 30 heavy (non-hydrogen) atoms. The third-order valence-corrected chi connectivity index (χ3v) is 5.65. The van der Waals surface area contributed by atoms with Gasteiger partial charge in [-0.05, 0) is 66.9 Å². The maximum Gasteiger partial charge on any atom is 0.233 e. The number of anilines is 1. The van der Waals surface area contributed by atoms with E-state index < -0.39 is 0 Å². The van der Waals surface area contributed by atoms with Crippen LogP contribution in [0.2, 0.25) is 0 Å². The molecule has 1 aliphatic rings. The van der Waals surface area contributed by atoms with E-state index >= 15 is 0 Å². The average Bonchev–Trinajstić information content (AvgIpc) is 3.19. The van der Waals surface area contributed by atoms with Gasteiger partial charge >= 0.3 is 0 Å². The first kappa shape index (κ1) is 19.9. The molecule has 0 spiro atoms. The van der Waals surface area contributed by atoms with Crippen molar-refractivity contribution in [3.05, 3.63) is 89.0 Å². The Kier molecular flexibility index (Phi) is 5.40. The van der Waals surface area contributed by atoms with Gasteiger partial charge < -0.3 is 14.8 Å². The van der Waals surface area contributed by atoms with Crippen molar-refractivity contribution in [1.29, 1.82) is 0 Å². The van der Waals surface area contributed by atoms with Gasteiger partial charge in [-0.15, -0.1) is 0 Å². The van der Waals surface area contributed by atoms with Crippen molar-refractivity contribution in [2.45, 2.75) is 32.9 Å². The second-order valence-corrected chi connectivity index (χ2v) is 7.69. The van der Waals surface area contributed by atoms with Crippen molar-refractivity contribution in [1.82, 2.24) is 9.47 Å². The fraction of sp³-hybridized carbons (Fsp3) is 0.250. The molecule has 0 aliphatic carbocycles. The van der Waals surface area contributed by atoms with Crippen molar-refractivity contribution in [3.63, 3.8) is 0 Å². The Labute approximate surface area is 175 Å². The Morgan fingerprint density at radius 2 is 1.80 bits per heavy atom. The van der Waals surface area contributed by atoms with E-state index in [-0.39, 0.29) is 30.1 Å². The first-order valence-corrected chi connectivity index (χ1v) is 9.99. The molecule has 154 valence electrons. The van der Waals surface area contributed by atoms with Crippen molar-refractivity contribution >= 4 is 17.5 Å². The molecule has 0 bridgehead atoms. The number of benzene rings is 2. The van der Waals surface area contributed by atoms with Crippen LogP contribution >= 0.6 is 0 Å². The summed E-state index contributed by atoms with van der Waals surface area (Å²) < 4.78 is 15.5. The highest BCUT2D eigenvalue weighted by Crippen LogP contribution is 2.33. The highest BCUT2D eigenvalue weighted by molar-refractivity contribution is 6.03. The quantitative estimate of drug-likeness (QED) is 0.662. The Morgan fingerprint density at radius 3 is 2.53 bits per heavy atom. The normalized spacial score (nSPS) is 15.6. The Bertz CT molecular complexity index is 1090. The zero-order valence-electron chi connectivity index (χ0n) is 17.1. The maximum absolute atomic E-state index is 13.4. The van der Waals surface area contributed by atoms with Gasteiger partial charge in [-0.3, -0.25) is 9.59 Å². The molecule has 3 aromatic rings. The number of halogens is 1. The third kappa shape index (κ3) is 3.99. The summed E-state index contributed by atoms with van der Waals surface area (Å²) in [5.41, 5.74) is 4.67. The number of fused-ring (bicyclic) bond motifs is 1. The number of hydrogen-bond donors (Lipinski definition) is 1. The summed E-state index contributed by atoms with van der Waals surface area (Å²) in [6.07, 6.45) is 1.73. The molecule has 4 rings (SSSR count). The van der Waals surface area contributed by atoms with Gasteiger partial charge in [0.2, 0.25) is 11.8 Å². The van der Waals surface area contributed by atoms with Crippen LogP contribution in [0, 0.1) is 19.7 Å². The lowest BCUT2D eigenvalue weighted by Gasteiger charge is -2.37. The predicted octanol–water partition coefficient (Wildman–Crippen LogP) is 4.20. The van der Waals surface area contributed by atoms with E-state index in [2.05, 4.69) is 9.88 Å². The summed E-state index contributed by atoms with van der Waals surface area (Å²) in [6.45, 7) is 5.13. The Morgan fingerprint density at radius 1 is 1.03 bits per heavy atom. The molecule has 0 unspecified atom stereocenters. The molecule has 1 aromatic heterocycles. The minimum absolute atomic E-state index is 0.245. The molecular formula is C24H24FN3O2. The predicted molar refractivity (Wildman–Crippen MR) is 114 cm³/mol. The third-order valence-electron chi connectivity index (χ3n) is 5.65. The molecule has 1 N–H and O–H groups in total. The molecule has 1 aliphatic heterocycles. The van der Waals surface area contributed by atoms with Crippen LogP contribution in [0.1, 0.15) is 34.8 Å². The minimum Gasteiger partial charge on any atom is -0.348 e. The highest BCUT2D eigenvalue weighted by atomic mass is 19.1. The van der Waals surface area contributed by atoms with Gasteiger partial charge in [0.1, 0.15) is 12.2 Å². The van der Waals surface area contributed by atoms with Gasteiger partial charge in [0, 0.05) is 30.7 Å². The minimum atomic E-state index is -0.351. The van der Waals surface area contributed by atoms with E-state index in [0.29, 0.717) is 18.8 Å². The van der Waals surface area contributed by atoms with E-state index in [1.54, 1.807) is 17.0 Å². The number of nitrogens with zero attached hydrogens (tertiary/aromatic N) is 2. The lowest BCUT2D eigenvalue weighted by atomic mass is 9.99. The van der Waals surface area contributed by atoms with Crippen LogP contribution in [-0.2, 0) is 16.1 Å². The lowest BCUT2D eigenvalue weighted by Crippen LogP contribution is -2.43. The number of aromatic nitrogens is 1. The molecule has 6 heteroatoms. The monoisotopic (exact) mass is 405 g/mol. The number of carbonyl (C=O) groups is 2. The van der Waals surface area contributed by atoms with E-state index in [9.17, 15) is 14.0 Å². The number of hydrogen-bond acceptors (Lipinski definition) is 2. The van der Waals surface area contributed by atoms with Gasteiger partial charge in [0.25, 0.3) is 0 Å². The number of amides is 2. The van der Waals surface area contributed by atoms with Crippen LogP contribution in [-0.4, -0.2) is 27.8 Å². The number of aryl methyl sites for hydroxylation is 2. The van der Waals surface area contributed by atoms with Gasteiger partial charge in [0.05, 0.1) is 6.04 Å². The van der Waals surface area contributed by atoms with Crippen LogP contribution in [0.3, 0.4) is 0 Å². The Hall–Kier alpha value is -3.41. The first-order valence-electron chi connectivity index (χ1n) is 9.99. The SMILES string of the molecule is Cc1ccc(NC(=O)CC(=O)N2CCn3cccc3[C@@H]2c2ccc(F)cc2)cc1C. The summed E-state index contributed by atoms with van der Waals surface area (Å²) in [5, 5.41) is 2.81. The molecule has 0 saturated heterocycles. The number of carbonyl (C=O) groups excluding carboxylic acids is 2. The standard InChI is InChI=1S/C24H24FN3O2/c1-16-5-10-20(14-17(16)2)26-22(29)15-23(30)28-13-12-27-11-3-4-21(27)24(28)18-6-8-19(25)9-7-18/h3-11,14,24H,12-13,15H2,1-2H3,(H,26,29)/t24-/m0/s1. The van der Waals surface area contributed by atoms with E-state index in [0.717, 1.165) is 22.4 Å². The van der Waals surface area contributed by atoms with E-state index in [4.69, 9.17) is 0 Å². The number of rotatable bonds is 4. The number of nitrogens with one attached hydrogen (secondary N) is 1. The fourth-order valence-corrected chi connectivity index (χ4v) is 3.91. The summed E-state index contributed by atoms with van der Waals surface area (Å²) >= 11 is 0. The van der Waals surface area contributed by atoms with Gasteiger partial charge in [-0.2, -0.15) is 0 Å².